The van der Waals surface area contributed by atoms with Crippen LogP contribution in [0, 0.1) is 17.8 Å². The minimum Gasteiger partial charge on any atom is -0.488 e. The van der Waals surface area contributed by atoms with Crippen molar-refractivity contribution in [1.82, 2.24) is 4.90 Å². The van der Waals surface area contributed by atoms with E-state index in [1.54, 1.807) is 12.1 Å². The van der Waals surface area contributed by atoms with E-state index < -0.39 is 9.84 Å². The molecule has 43 heavy (non-hydrogen) atoms. The zero-order chi connectivity index (χ0) is 30.5. The number of nitrogens with two attached hydrogens (primary N) is 1. The molecule has 228 valence electrons. The predicted molar refractivity (Wildman–Crippen MR) is 161 cm³/mol. The van der Waals surface area contributed by atoms with Crippen molar-refractivity contribution >= 4 is 21.7 Å². The summed E-state index contributed by atoms with van der Waals surface area (Å²) in [6.45, 7) is 15.1. The van der Waals surface area contributed by atoms with Crippen molar-refractivity contribution in [3.8, 4) is 16.9 Å². The third-order valence-electron chi connectivity index (χ3n) is 11.2. The van der Waals surface area contributed by atoms with Crippen LogP contribution in [0.4, 0.5) is 0 Å². The van der Waals surface area contributed by atoms with Crippen molar-refractivity contribution in [3.05, 3.63) is 53.2 Å². The minimum absolute atomic E-state index is 0.0311. The van der Waals surface area contributed by atoms with Crippen molar-refractivity contribution in [2.75, 3.05) is 52.4 Å². The van der Waals surface area contributed by atoms with Gasteiger partial charge in [-0.15, -0.1) is 0 Å². The van der Waals surface area contributed by atoms with E-state index in [0.29, 0.717) is 46.4 Å². The number of quaternary nitrogens is 2. The number of nitrogens with zero attached hydrogens (tertiary/aromatic N) is 3. The molecule has 0 aromatic heterocycles. The van der Waals surface area contributed by atoms with Crippen molar-refractivity contribution < 1.29 is 31.7 Å². The molecular weight excluding hydrogens is 564 g/mol. The van der Waals surface area contributed by atoms with Crippen molar-refractivity contribution in [2.45, 2.75) is 50.1 Å². The number of carbonyl (C=O) groups excluding carboxylic acids is 2. The maximum atomic E-state index is 14.1. The molecule has 2 bridgehead atoms. The molecule has 8 rings (SSSR count). The highest BCUT2D eigenvalue weighted by Crippen LogP contribution is 2.51. The van der Waals surface area contributed by atoms with Crippen LogP contribution in [0.25, 0.3) is 11.1 Å². The molecule has 0 aliphatic carbocycles. The zero-order valence-corrected chi connectivity index (χ0v) is 26.3. The molecule has 2 N–H and O–H groups in total. The van der Waals surface area contributed by atoms with Crippen LogP contribution in [0.2, 0.25) is 0 Å². The van der Waals surface area contributed by atoms with Crippen LogP contribution in [0.3, 0.4) is 0 Å². The second-order valence-corrected chi connectivity index (χ2v) is 15.7. The van der Waals surface area contributed by atoms with Crippen molar-refractivity contribution in [1.29, 1.82) is 0 Å². The summed E-state index contributed by atoms with van der Waals surface area (Å²) in [5.74, 6) is 1.00. The maximum Gasteiger partial charge on any atom is 0.272 e. The molecule has 0 spiro atoms. The lowest BCUT2D eigenvalue weighted by Crippen LogP contribution is -2.75. The van der Waals surface area contributed by atoms with Crippen LogP contribution in [0.15, 0.2) is 57.5 Å². The molecular formula is C33H42N4O5S+2. The summed E-state index contributed by atoms with van der Waals surface area (Å²) in [5.41, 5.74) is 9.82. The van der Waals surface area contributed by atoms with Gasteiger partial charge in [0.2, 0.25) is 15.7 Å². The number of benzene rings is 2. The van der Waals surface area contributed by atoms with E-state index in [9.17, 15) is 18.0 Å². The molecule has 10 heteroatoms. The molecule has 0 radical (unpaired) electrons. The van der Waals surface area contributed by atoms with Crippen molar-refractivity contribution in [3.63, 3.8) is 0 Å². The highest BCUT2D eigenvalue weighted by molar-refractivity contribution is 7.92. The molecule has 2 aromatic rings. The Morgan fingerprint density at radius 1 is 1.05 bits per heavy atom. The molecule has 6 aliphatic rings. The standard InChI is InChI=1S/C33H41N4O5S/c1-20(2)29-31-21(3)25(22(4)35(31)33(29)39)19-42-26-9-6-10-27-30(26)24-8-5-7-23(32(24)43(27,40)41)17-36-11-14-37(15-12-36,16-13-36)18-28(34)38/h5-10,20-21,29,31H,11-19H2,1-4H3,(H-,34,38)/q+1/p+1/t21-,29?,31?,36?,37?/m0/s1. The first kappa shape index (κ1) is 28.6. The molecule has 3 atom stereocenters. The average molecular weight is 607 g/mol. The van der Waals surface area contributed by atoms with Crippen LogP contribution in [0.5, 0.6) is 5.75 Å². The summed E-state index contributed by atoms with van der Waals surface area (Å²) < 4.78 is 36.2. The molecule has 4 saturated heterocycles. The maximum absolute atomic E-state index is 14.1. The van der Waals surface area contributed by atoms with E-state index in [1.165, 1.54) is 0 Å². The lowest BCUT2D eigenvalue weighted by molar-refractivity contribution is -1.08. The molecule has 6 aliphatic heterocycles. The van der Waals surface area contributed by atoms with Gasteiger partial charge < -0.3 is 24.3 Å². The summed E-state index contributed by atoms with van der Waals surface area (Å²) in [6.07, 6.45) is 0. The van der Waals surface area contributed by atoms with Gasteiger partial charge in [0.25, 0.3) is 5.91 Å². The number of amides is 2. The number of carbonyl (C=O) groups is 2. The van der Waals surface area contributed by atoms with Gasteiger partial charge in [-0.25, -0.2) is 8.42 Å². The first-order valence-electron chi connectivity index (χ1n) is 15.5. The zero-order valence-electron chi connectivity index (χ0n) is 25.5. The lowest BCUT2D eigenvalue weighted by Gasteiger charge is -2.55. The first-order chi connectivity index (χ1) is 20.4. The molecule has 0 saturated carbocycles. The molecule has 2 amide bonds. The fourth-order valence-corrected chi connectivity index (χ4v) is 10.7. The van der Waals surface area contributed by atoms with Crippen LogP contribution >= 0.6 is 0 Å². The monoisotopic (exact) mass is 606 g/mol. The Hall–Kier alpha value is -3.21. The van der Waals surface area contributed by atoms with Gasteiger partial charge in [0, 0.05) is 28.3 Å². The number of sulfone groups is 1. The van der Waals surface area contributed by atoms with Gasteiger partial charge >= 0.3 is 0 Å². The van der Waals surface area contributed by atoms with E-state index in [2.05, 4.69) is 20.8 Å². The minimum atomic E-state index is -3.73. The van der Waals surface area contributed by atoms with Gasteiger partial charge in [0.1, 0.15) is 58.2 Å². The number of piperazine rings is 3. The van der Waals surface area contributed by atoms with Crippen LogP contribution in [-0.2, 0) is 26.0 Å². The Bertz CT molecular complexity index is 1670. The van der Waals surface area contributed by atoms with Gasteiger partial charge in [-0.2, -0.15) is 0 Å². The second kappa shape index (κ2) is 9.64. The Labute approximate surface area is 254 Å². The summed E-state index contributed by atoms with van der Waals surface area (Å²) >= 11 is 0. The smallest absolute Gasteiger partial charge is 0.272 e. The Morgan fingerprint density at radius 3 is 2.35 bits per heavy atom. The van der Waals surface area contributed by atoms with E-state index >= 15 is 0 Å². The van der Waals surface area contributed by atoms with Gasteiger partial charge in [-0.1, -0.05) is 45.0 Å². The topological polar surface area (TPSA) is 107 Å². The summed E-state index contributed by atoms with van der Waals surface area (Å²) in [4.78, 5) is 27.2. The predicted octanol–water partition coefficient (Wildman–Crippen LogP) is 2.93. The third kappa shape index (κ3) is 4.13. The van der Waals surface area contributed by atoms with E-state index in [1.807, 2.05) is 36.1 Å². The fourth-order valence-electron chi connectivity index (χ4n) is 8.78. The SMILES string of the molecule is CC1=C(COc2cccc3c2-c2cccc(C[N+]45CC[N+](CC(N)=O)(CC4)CC5)c2S3(=O)=O)[C@H](C)C2C(C(C)C)C(=O)N12. The fraction of sp³-hybridized carbons (Fsp3) is 0.515. The number of fused-ring (bicyclic) bond motifs is 7. The summed E-state index contributed by atoms with van der Waals surface area (Å²) in [5, 5.41) is 0. The Morgan fingerprint density at radius 2 is 1.70 bits per heavy atom. The second-order valence-electron chi connectivity index (χ2n) is 13.9. The molecule has 6 heterocycles. The number of primary amides is 1. The number of allylic oxidation sites excluding steroid dienone is 1. The summed E-state index contributed by atoms with van der Waals surface area (Å²) in [6, 6.07) is 11.3. The summed E-state index contributed by atoms with van der Waals surface area (Å²) in [7, 11) is -3.73. The average Bonchev–Trinajstić information content (AvgIpc) is 3.32. The molecule has 2 aromatic carbocycles. The van der Waals surface area contributed by atoms with Crippen LogP contribution in [-0.4, -0.2) is 92.6 Å². The number of hydrogen-bond acceptors (Lipinski definition) is 5. The largest absolute Gasteiger partial charge is 0.488 e. The van der Waals surface area contributed by atoms with E-state index in [4.69, 9.17) is 10.5 Å². The number of rotatable bonds is 8. The quantitative estimate of drug-likeness (QED) is 0.314. The highest BCUT2D eigenvalue weighted by Gasteiger charge is 2.56. The van der Waals surface area contributed by atoms with E-state index in [-0.39, 0.29) is 35.6 Å². The Kier molecular flexibility index (Phi) is 6.40. The third-order valence-corrected chi connectivity index (χ3v) is 13.2. The number of ether oxygens (including phenoxy) is 1. The van der Waals surface area contributed by atoms with Crippen LogP contribution in [0.1, 0.15) is 33.3 Å². The molecule has 2 unspecified atom stereocenters. The highest BCUT2D eigenvalue weighted by atomic mass is 32.2. The van der Waals surface area contributed by atoms with Crippen molar-refractivity contribution in [2.24, 2.45) is 23.5 Å². The first-order valence-corrected chi connectivity index (χ1v) is 17.0. The number of hydrogen-bond donors (Lipinski definition) is 1. The van der Waals surface area contributed by atoms with Gasteiger partial charge in [-0.3, -0.25) is 9.59 Å². The van der Waals surface area contributed by atoms with Gasteiger partial charge in [-0.05, 0) is 30.5 Å². The van der Waals surface area contributed by atoms with Crippen LogP contribution < -0.4 is 10.5 Å². The normalized spacial score (nSPS) is 31.6. The van der Waals surface area contributed by atoms with Gasteiger partial charge in [0.05, 0.1) is 21.8 Å². The molecule has 4 fully saturated rings. The van der Waals surface area contributed by atoms with Gasteiger partial charge in [0.15, 0.2) is 6.54 Å². The lowest BCUT2D eigenvalue weighted by atomic mass is 9.74. The molecule has 9 nitrogen and oxygen atoms in total. The number of β-lactam (4-membered cyclic amide) rings is 1. The van der Waals surface area contributed by atoms with E-state index in [0.717, 1.165) is 65.1 Å². The Balaban J connectivity index is 1.17.